The average molecular weight is 239 g/mol. The lowest BCUT2D eigenvalue weighted by Gasteiger charge is -2.42. The van der Waals surface area contributed by atoms with Gasteiger partial charge in [0.2, 0.25) is 0 Å². The van der Waals surface area contributed by atoms with E-state index < -0.39 is 0 Å². The largest absolute Gasteiger partial charge is 0.317 e. The zero-order valence-corrected chi connectivity index (χ0v) is 11.8. The van der Waals surface area contributed by atoms with Crippen LogP contribution in [0.25, 0.3) is 0 Å². The summed E-state index contributed by atoms with van der Waals surface area (Å²) in [5.74, 6) is 0. The first-order valence-electron chi connectivity index (χ1n) is 7.28. The molecule has 0 bridgehead atoms. The average Bonchev–Trinajstić information content (AvgIpc) is 2.39. The Hall–Kier alpha value is -0.120. The smallest absolute Gasteiger partial charge is 0.0113 e. The van der Waals surface area contributed by atoms with Gasteiger partial charge in [-0.25, -0.2) is 0 Å². The topological polar surface area (TPSA) is 18.5 Å². The van der Waals surface area contributed by atoms with E-state index >= 15 is 0 Å². The van der Waals surface area contributed by atoms with Gasteiger partial charge in [-0.1, -0.05) is 6.42 Å². The van der Waals surface area contributed by atoms with E-state index in [0.717, 1.165) is 18.1 Å². The van der Waals surface area contributed by atoms with Gasteiger partial charge in [0.05, 0.1) is 0 Å². The number of rotatable bonds is 3. The third-order valence-corrected chi connectivity index (χ3v) is 4.80. The summed E-state index contributed by atoms with van der Waals surface area (Å²) in [4.78, 5) is 5.15. The fraction of sp³-hybridized carbons (Fsp3) is 1.00. The Kier molecular flexibility index (Phi) is 4.83. The lowest BCUT2D eigenvalue weighted by Crippen LogP contribution is -2.49. The van der Waals surface area contributed by atoms with Gasteiger partial charge in [0.25, 0.3) is 0 Å². The second-order valence-corrected chi connectivity index (χ2v) is 6.04. The van der Waals surface area contributed by atoms with Crippen molar-refractivity contribution >= 4 is 0 Å². The van der Waals surface area contributed by atoms with Crippen molar-refractivity contribution in [2.75, 3.05) is 34.2 Å². The molecule has 0 spiro atoms. The third kappa shape index (κ3) is 3.43. The monoisotopic (exact) mass is 239 g/mol. The quantitative estimate of drug-likeness (QED) is 0.806. The van der Waals surface area contributed by atoms with Crippen LogP contribution in [0.1, 0.15) is 38.5 Å². The van der Waals surface area contributed by atoms with Crippen LogP contribution in [0.4, 0.5) is 0 Å². The Balaban J connectivity index is 1.80. The maximum absolute atomic E-state index is 3.47. The fourth-order valence-electron chi connectivity index (χ4n) is 3.53. The molecule has 0 amide bonds. The summed E-state index contributed by atoms with van der Waals surface area (Å²) in [5, 5.41) is 3.47. The minimum atomic E-state index is 0.764. The number of piperidine rings is 1. The van der Waals surface area contributed by atoms with E-state index in [9.17, 15) is 0 Å². The molecular weight excluding hydrogens is 210 g/mol. The molecule has 2 rings (SSSR count). The second-order valence-electron chi connectivity index (χ2n) is 6.04. The normalized spacial score (nSPS) is 33.2. The van der Waals surface area contributed by atoms with E-state index in [1.165, 1.54) is 51.6 Å². The van der Waals surface area contributed by atoms with Crippen molar-refractivity contribution in [1.82, 2.24) is 15.1 Å². The maximum atomic E-state index is 3.47. The van der Waals surface area contributed by atoms with E-state index in [1.807, 2.05) is 0 Å². The first-order valence-corrected chi connectivity index (χ1v) is 7.28. The van der Waals surface area contributed by atoms with Crippen molar-refractivity contribution in [2.24, 2.45) is 0 Å². The summed E-state index contributed by atoms with van der Waals surface area (Å²) in [5.41, 5.74) is 0. The number of hydrogen-bond acceptors (Lipinski definition) is 3. The fourth-order valence-corrected chi connectivity index (χ4v) is 3.53. The summed E-state index contributed by atoms with van der Waals surface area (Å²) in [7, 11) is 6.56. The molecule has 1 saturated heterocycles. The second kappa shape index (κ2) is 6.17. The van der Waals surface area contributed by atoms with Crippen molar-refractivity contribution < 1.29 is 0 Å². The maximum Gasteiger partial charge on any atom is 0.0113 e. The molecule has 1 aliphatic carbocycles. The molecule has 1 heterocycles. The lowest BCUT2D eigenvalue weighted by atomic mass is 9.88. The minimum absolute atomic E-state index is 0.764. The van der Waals surface area contributed by atoms with Crippen LogP contribution in [0.3, 0.4) is 0 Å². The molecule has 1 saturated carbocycles. The molecule has 100 valence electrons. The Bertz CT molecular complexity index is 222. The zero-order valence-electron chi connectivity index (χ0n) is 11.8. The van der Waals surface area contributed by atoms with Crippen LogP contribution in [0.15, 0.2) is 0 Å². The van der Waals surface area contributed by atoms with Crippen LogP contribution in [-0.2, 0) is 0 Å². The van der Waals surface area contributed by atoms with Gasteiger partial charge in [0, 0.05) is 18.1 Å². The molecule has 17 heavy (non-hydrogen) atoms. The van der Waals surface area contributed by atoms with Crippen LogP contribution >= 0.6 is 0 Å². The highest BCUT2D eigenvalue weighted by atomic mass is 15.2. The SMILES string of the molecule is CN[C@H]1CCCC(N2CCC(N(C)C)CC2)C1. The molecule has 0 aromatic carbocycles. The van der Waals surface area contributed by atoms with E-state index in [-0.39, 0.29) is 0 Å². The standard InChI is InChI=1S/C14H29N3/c1-15-12-5-4-6-14(11-12)17-9-7-13(8-10-17)16(2)3/h12-15H,4-11H2,1-3H3/t12-,14?/m0/s1. The van der Waals surface area contributed by atoms with Gasteiger partial charge in [0.15, 0.2) is 0 Å². The molecule has 0 aromatic heterocycles. The molecule has 1 N–H and O–H groups in total. The molecule has 0 radical (unpaired) electrons. The number of nitrogens with one attached hydrogen (secondary N) is 1. The summed E-state index contributed by atoms with van der Waals surface area (Å²) in [6.45, 7) is 2.62. The number of likely N-dealkylation sites (tertiary alicyclic amines) is 1. The van der Waals surface area contributed by atoms with Crippen LogP contribution in [-0.4, -0.2) is 62.2 Å². The summed E-state index contributed by atoms with van der Waals surface area (Å²) < 4.78 is 0. The number of nitrogens with zero attached hydrogens (tertiary/aromatic N) is 2. The molecule has 2 atom stereocenters. The van der Waals surface area contributed by atoms with Gasteiger partial charge >= 0.3 is 0 Å². The van der Waals surface area contributed by atoms with Crippen LogP contribution in [0, 0.1) is 0 Å². The summed E-state index contributed by atoms with van der Waals surface area (Å²) >= 11 is 0. The number of hydrogen-bond donors (Lipinski definition) is 1. The first kappa shape index (κ1) is 13.3. The summed E-state index contributed by atoms with van der Waals surface area (Å²) in [6, 6.07) is 2.43. The molecule has 2 aliphatic rings. The zero-order chi connectivity index (χ0) is 12.3. The molecule has 3 nitrogen and oxygen atoms in total. The Morgan fingerprint density at radius 1 is 1.06 bits per heavy atom. The van der Waals surface area contributed by atoms with E-state index in [0.29, 0.717) is 0 Å². The minimum Gasteiger partial charge on any atom is -0.317 e. The first-order chi connectivity index (χ1) is 8.20. The lowest BCUT2D eigenvalue weighted by molar-refractivity contribution is 0.0826. The van der Waals surface area contributed by atoms with E-state index in [2.05, 4.69) is 36.3 Å². The van der Waals surface area contributed by atoms with Crippen molar-refractivity contribution in [2.45, 2.75) is 56.7 Å². The van der Waals surface area contributed by atoms with Gasteiger partial charge in [-0.15, -0.1) is 0 Å². The Morgan fingerprint density at radius 3 is 2.35 bits per heavy atom. The Labute approximate surface area is 107 Å². The molecule has 0 aromatic rings. The highest BCUT2D eigenvalue weighted by Gasteiger charge is 2.29. The van der Waals surface area contributed by atoms with Crippen LogP contribution in [0.2, 0.25) is 0 Å². The Morgan fingerprint density at radius 2 is 1.76 bits per heavy atom. The van der Waals surface area contributed by atoms with Crippen molar-refractivity contribution in [3.63, 3.8) is 0 Å². The summed E-state index contributed by atoms with van der Waals surface area (Å²) in [6.07, 6.45) is 8.28. The van der Waals surface area contributed by atoms with Crippen molar-refractivity contribution in [1.29, 1.82) is 0 Å². The van der Waals surface area contributed by atoms with Gasteiger partial charge in [-0.2, -0.15) is 0 Å². The van der Waals surface area contributed by atoms with Gasteiger partial charge in [0.1, 0.15) is 0 Å². The molecular formula is C14H29N3. The highest BCUT2D eigenvalue weighted by molar-refractivity contribution is 4.87. The van der Waals surface area contributed by atoms with E-state index in [4.69, 9.17) is 0 Å². The van der Waals surface area contributed by atoms with Crippen molar-refractivity contribution in [3.8, 4) is 0 Å². The molecule has 2 fully saturated rings. The molecule has 1 aliphatic heterocycles. The predicted octanol–water partition coefficient (Wildman–Crippen LogP) is 1.54. The highest BCUT2D eigenvalue weighted by Crippen LogP contribution is 2.26. The van der Waals surface area contributed by atoms with Gasteiger partial charge in [-0.05, 0) is 66.3 Å². The predicted molar refractivity (Wildman–Crippen MR) is 73.4 cm³/mol. The molecule has 1 unspecified atom stereocenters. The van der Waals surface area contributed by atoms with Crippen LogP contribution < -0.4 is 5.32 Å². The molecule has 3 heteroatoms. The van der Waals surface area contributed by atoms with Gasteiger partial charge < -0.3 is 15.1 Å². The van der Waals surface area contributed by atoms with Gasteiger partial charge in [-0.3, -0.25) is 0 Å². The van der Waals surface area contributed by atoms with E-state index in [1.54, 1.807) is 0 Å². The van der Waals surface area contributed by atoms with Crippen LogP contribution in [0.5, 0.6) is 0 Å². The third-order valence-electron chi connectivity index (χ3n) is 4.80. The van der Waals surface area contributed by atoms with Crippen molar-refractivity contribution in [3.05, 3.63) is 0 Å².